The summed E-state index contributed by atoms with van der Waals surface area (Å²) in [5.41, 5.74) is 2.92. The van der Waals surface area contributed by atoms with Gasteiger partial charge in [0.05, 0.1) is 25.8 Å². The van der Waals surface area contributed by atoms with Crippen LogP contribution in [0.3, 0.4) is 0 Å². The lowest BCUT2D eigenvalue weighted by Crippen LogP contribution is -2.37. The highest BCUT2D eigenvalue weighted by atomic mass is 32.1. The van der Waals surface area contributed by atoms with Gasteiger partial charge in [0.2, 0.25) is 0 Å². The topological polar surface area (TPSA) is 59.6 Å². The number of carbonyl (C=O) groups excluding carboxylic acids is 1. The Hall–Kier alpha value is -2.60. The third kappa shape index (κ3) is 5.74. The average molecular weight is 372 g/mol. The summed E-state index contributed by atoms with van der Waals surface area (Å²) in [5.74, 6) is 0.436. The largest absolute Gasteiger partial charge is 0.495 e. The highest BCUT2D eigenvalue weighted by molar-refractivity contribution is 7.80. The SMILES string of the molecule is CCOC(=O)CC(C)NC(=S)Nc1cc(-c2ccccc2)ccc1OC. The van der Waals surface area contributed by atoms with Gasteiger partial charge in [-0.05, 0) is 49.3 Å². The van der Waals surface area contributed by atoms with E-state index in [1.165, 1.54) is 0 Å². The standard InChI is InChI=1S/C20H24N2O3S/c1-4-25-19(23)12-14(2)21-20(26)22-17-13-16(10-11-18(17)24-3)15-8-6-5-7-9-15/h5-11,13-14H,4,12H2,1-3H3,(H2,21,22,26). The van der Waals surface area contributed by atoms with Gasteiger partial charge < -0.3 is 20.1 Å². The van der Waals surface area contributed by atoms with Crippen LogP contribution in [0, 0.1) is 0 Å². The first-order valence-electron chi connectivity index (χ1n) is 8.50. The maximum atomic E-state index is 11.5. The molecule has 0 spiro atoms. The molecule has 26 heavy (non-hydrogen) atoms. The Morgan fingerprint density at radius 3 is 2.54 bits per heavy atom. The van der Waals surface area contributed by atoms with Crippen molar-refractivity contribution in [3.05, 3.63) is 48.5 Å². The van der Waals surface area contributed by atoms with Crippen LogP contribution >= 0.6 is 12.2 Å². The van der Waals surface area contributed by atoms with Crippen molar-refractivity contribution in [3.63, 3.8) is 0 Å². The van der Waals surface area contributed by atoms with E-state index in [1.54, 1.807) is 14.0 Å². The van der Waals surface area contributed by atoms with Gasteiger partial charge in [-0.1, -0.05) is 36.4 Å². The highest BCUT2D eigenvalue weighted by Gasteiger charge is 2.12. The molecule has 138 valence electrons. The van der Waals surface area contributed by atoms with Gasteiger partial charge >= 0.3 is 5.97 Å². The number of hydrogen-bond donors (Lipinski definition) is 2. The molecule has 0 aliphatic carbocycles. The Labute approximate surface area is 159 Å². The minimum atomic E-state index is -0.251. The van der Waals surface area contributed by atoms with E-state index in [0.29, 0.717) is 17.5 Å². The van der Waals surface area contributed by atoms with E-state index >= 15 is 0 Å². The molecule has 0 aromatic heterocycles. The monoisotopic (exact) mass is 372 g/mol. The molecular formula is C20H24N2O3S. The van der Waals surface area contributed by atoms with Gasteiger partial charge in [-0.3, -0.25) is 4.79 Å². The molecule has 6 heteroatoms. The van der Waals surface area contributed by atoms with Crippen LogP contribution in [-0.2, 0) is 9.53 Å². The second kappa shape index (κ2) is 9.77. The number of benzene rings is 2. The minimum Gasteiger partial charge on any atom is -0.495 e. The molecule has 0 heterocycles. The summed E-state index contributed by atoms with van der Waals surface area (Å²) in [6.45, 7) is 4.04. The quantitative estimate of drug-likeness (QED) is 0.566. The van der Waals surface area contributed by atoms with Crippen LogP contribution in [0.25, 0.3) is 11.1 Å². The second-order valence-corrected chi connectivity index (χ2v) is 6.20. The molecule has 0 aliphatic heterocycles. The summed E-state index contributed by atoms with van der Waals surface area (Å²) in [7, 11) is 1.61. The van der Waals surface area contributed by atoms with Gasteiger partial charge in [0.15, 0.2) is 5.11 Å². The molecule has 2 aromatic carbocycles. The van der Waals surface area contributed by atoms with E-state index in [0.717, 1.165) is 16.8 Å². The van der Waals surface area contributed by atoms with Gasteiger partial charge in [-0.2, -0.15) is 0 Å². The van der Waals surface area contributed by atoms with E-state index in [9.17, 15) is 4.79 Å². The van der Waals surface area contributed by atoms with Gasteiger partial charge in [0.1, 0.15) is 5.75 Å². The fraction of sp³-hybridized carbons (Fsp3) is 0.300. The zero-order valence-corrected chi connectivity index (χ0v) is 16.1. The van der Waals surface area contributed by atoms with Crippen molar-refractivity contribution in [2.75, 3.05) is 19.0 Å². The van der Waals surface area contributed by atoms with Crippen molar-refractivity contribution < 1.29 is 14.3 Å². The zero-order chi connectivity index (χ0) is 18.9. The van der Waals surface area contributed by atoms with Crippen molar-refractivity contribution in [1.29, 1.82) is 0 Å². The summed E-state index contributed by atoms with van der Waals surface area (Å²) in [5, 5.41) is 6.66. The average Bonchev–Trinajstić information content (AvgIpc) is 2.62. The number of thiocarbonyl (C=S) groups is 1. The van der Waals surface area contributed by atoms with Gasteiger partial charge in [0.25, 0.3) is 0 Å². The summed E-state index contributed by atoms with van der Waals surface area (Å²) in [6, 6.07) is 15.8. The van der Waals surface area contributed by atoms with Crippen molar-refractivity contribution in [2.45, 2.75) is 26.3 Å². The third-order valence-electron chi connectivity index (χ3n) is 3.71. The lowest BCUT2D eigenvalue weighted by Gasteiger charge is -2.18. The van der Waals surface area contributed by atoms with Crippen LogP contribution in [0.2, 0.25) is 0 Å². The number of nitrogens with one attached hydrogen (secondary N) is 2. The van der Waals surface area contributed by atoms with Crippen molar-refractivity contribution >= 4 is 29.0 Å². The minimum absolute atomic E-state index is 0.141. The molecule has 2 N–H and O–H groups in total. The molecule has 5 nitrogen and oxygen atoms in total. The normalized spacial score (nSPS) is 11.3. The van der Waals surface area contributed by atoms with Crippen LogP contribution in [0.1, 0.15) is 20.3 Å². The fourth-order valence-electron chi connectivity index (χ4n) is 2.52. The number of rotatable bonds is 7. The van der Waals surface area contributed by atoms with Crippen LogP contribution in [0.4, 0.5) is 5.69 Å². The van der Waals surface area contributed by atoms with E-state index in [2.05, 4.69) is 10.6 Å². The molecule has 0 aliphatic rings. The fourth-order valence-corrected chi connectivity index (χ4v) is 2.83. The Bertz CT molecular complexity index is 750. The van der Waals surface area contributed by atoms with Crippen LogP contribution < -0.4 is 15.4 Å². The summed E-state index contributed by atoms with van der Waals surface area (Å²) in [6.07, 6.45) is 0.247. The molecule has 0 bridgehead atoms. The van der Waals surface area contributed by atoms with Gasteiger partial charge in [-0.15, -0.1) is 0 Å². The summed E-state index contributed by atoms with van der Waals surface area (Å²) >= 11 is 5.37. The molecule has 0 saturated carbocycles. The smallest absolute Gasteiger partial charge is 0.307 e. The molecular weight excluding hydrogens is 348 g/mol. The zero-order valence-electron chi connectivity index (χ0n) is 15.2. The Kier molecular flexibility index (Phi) is 7.41. The molecule has 0 fully saturated rings. The number of ether oxygens (including phenoxy) is 2. The van der Waals surface area contributed by atoms with Crippen molar-refractivity contribution in [2.24, 2.45) is 0 Å². The number of carbonyl (C=O) groups is 1. The van der Waals surface area contributed by atoms with Gasteiger partial charge in [0, 0.05) is 6.04 Å². The molecule has 0 radical (unpaired) electrons. The first-order valence-corrected chi connectivity index (χ1v) is 8.91. The van der Waals surface area contributed by atoms with E-state index < -0.39 is 0 Å². The summed E-state index contributed by atoms with van der Waals surface area (Å²) in [4.78, 5) is 11.5. The number of methoxy groups -OCH3 is 1. The van der Waals surface area contributed by atoms with Crippen LogP contribution in [-0.4, -0.2) is 30.8 Å². The van der Waals surface area contributed by atoms with E-state index in [-0.39, 0.29) is 18.4 Å². The van der Waals surface area contributed by atoms with Crippen molar-refractivity contribution in [3.8, 4) is 16.9 Å². The first kappa shape index (κ1) is 19.7. The van der Waals surface area contributed by atoms with Crippen LogP contribution in [0.15, 0.2) is 48.5 Å². The molecule has 0 amide bonds. The molecule has 1 atom stereocenters. The third-order valence-corrected chi connectivity index (χ3v) is 3.93. The molecule has 2 aromatic rings. The Morgan fingerprint density at radius 1 is 1.15 bits per heavy atom. The van der Waals surface area contributed by atoms with Crippen molar-refractivity contribution in [1.82, 2.24) is 5.32 Å². The van der Waals surface area contributed by atoms with E-state index in [1.807, 2.05) is 55.5 Å². The first-order chi connectivity index (χ1) is 12.5. The maximum absolute atomic E-state index is 11.5. The predicted octanol–water partition coefficient (Wildman–Crippen LogP) is 3.99. The van der Waals surface area contributed by atoms with Crippen LogP contribution in [0.5, 0.6) is 5.75 Å². The molecule has 1 unspecified atom stereocenters. The Morgan fingerprint density at radius 2 is 1.88 bits per heavy atom. The number of anilines is 1. The lowest BCUT2D eigenvalue weighted by molar-refractivity contribution is -0.143. The lowest BCUT2D eigenvalue weighted by atomic mass is 10.0. The van der Waals surface area contributed by atoms with E-state index in [4.69, 9.17) is 21.7 Å². The highest BCUT2D eigenvalue weighted by Crippen LogP contribution is 2.30. The second-order valence-electron chi connectivity index (χ2n) is 5.79. The number of esters is 1. The van der Waals surface area contributed by atoms with Gasteiger partial charge in [-0.25, -0.2) is 0 Å². The molecule has 0 saturated heterocycles. The summed E-state index contributed by atoms with van der Waals surface area (Å²) < 4.78 is 10.4. The molecule has 2 rings (SSSR count). The predicted molar refractivity (Wildman–Crippen MR) is 108 cm³/mol. The maximum Gasteiger partial charge on any atom is 0.307 e. The Balaban J connectivity index is 2.07. The number of hydrogen-bond acceptors (Lipinski definition) is 4.